The predicted octanol–water partition coefficient (Wildman–Crippen LogP) is -1.96. The molecule has 0 amide bonds. The summed E-state index contributed by atoms with van der Waals surface area (Å²) in [4.78, 5) is 11.3. The van der Waals surface area contributed by atoms with E-state index in [4.69, 9.17) is 10.2 Å². The van der Waals surface area contributed by atoms with E-state index in [9.17, 15) is 20.1 Å². The maximum absolute atomic E-state index is 11.3. The molecular formula is C10H20O6. The van der Waals surface area contributed by atoms with Gasteiger partial charge in [0.25, 0.3) is 0 Å². The van der Waals surface area contributed by atoms with Gasteiger partial charge in [0.15, 0.2) is 5.78 Å². The van der Waals surface area contributed by atoms with Crippen LogP contribution in [0.2, 0.25) is 0 Å². The van der Waals surface area contributed by atoms with Crippen molar-refractivity contribution in [3.05, 3.63) is 0 Å². The highest BCUT2D eigenvalue weighted by molar-refractivity contribution is 5.83. The Morgan fingerprint density at radius 1 is 1.06 bits per heavy atom. The Hall–Kier alpha value is -0.530. The zero-order valence-electron chi connectivity index (χ0n) is 9.45. The molecule has 0 aliphatic rings. The van der Waals surface area contributed by atoms with E-state index >= 15 is 0 Å². The summed E-state index contributed by atoms with van der Waals surface area (Å²) < 4.78 is 0. The van der Waals surface area contributed by atoms with E-state index in [-0.39, 0.29) is 12.3 Å². The molecule has 16 heavy (non-hydrogen) atoms. The van der Waals surface area contributed by atoms with Gasteiger partial charge in [-0.1, -0.05) is 13.8 Å². The van der Waals surface area contributed by atoms with Gasteiger partial charge >= 0.3 is 0 Å². The first-order valence-electron chi connectivity index (χ1n) is 5.17. The fourth-order valence-electron chi connectivity index (χ4n) is 1.24. The Kier molecular flexibility index (Phi) is 6.70. The molecule has 0 aliphatic carbocycles. The number of ketones is 1. The lowest BCUT2D eigenvalue weighted by molar-refractivity contribution is -0.147. The molecule has 0 aromatic carbocycles. The highest BCUT2D eigenvalue weighted by atomic mass is 16.4. The van der Waals surface area contributed by atoms with Gasteiger partial charge < -0.3 is 25.5 Å². The molecule has 0 saturated heterocycles. The van der Waals surface area contributed by atoms with E-state index in [0.717, 1.165) is 0 Å². The molecule has 0 aromatic rings. The minimum Gasteiger partial charge on any atom is -0.394 e. The molecule has 0 spiro atoms. The number of hydrogen-bond donors (Lipinski definition) is 5. The smallest absolute Gasteiger partial charge is 0.164 e. The molecule has 0 saturated carbocycles. The van der Waals surface area contributed by atoms with Crippen molar-refractivity contribution in [3.63, 3.8) is 0 Å². The van der Waals surface area contributed by atoms with Gasteiger partial charge in [-0.05, 0) is 5.92 Å². The van der Waals surface area contributed by atoms with E-state index < -0.39 is 36.8 Å². The minimum atomic E-state index is -1.80. The van der Waals surface area contributed by atoms with Gasteiger partial charge in [0.05, 0.1) is 6.61 Å². The summed E-state index contributed by atoms with van der Waals surface area (Å²) in [5.74, 6) is -0.582. The first-order valence-corrected chi connectivity index (χ1v) is 5.17. The normalized spacial score (nSPS) is 19.2. The fraction of sp³-hybridized carbons (Fsp3) is 0.900. The third-order valence-corrected chi connectivity index (χ3v) is 2.19. The summed E-state index contributed by atoms with van der Waals surface area (Å²) in [6, 6.07) is 0. The Morgan fingerprint density at radius 3 is 1.94 bits per heavy atom. The van der Waals surface area contributed by atoms with Crippen LogP contribution in [-0.2, 0) is 4.79 Å². The second-order valence-electron chi connectivity index (χ2n) is 4.24. The van der Waals surface area contributed by atoms with Crippen LogP contribution in [0, 0.1) is 5.92 Å². The Bertz CT molecular complexity index is 217. The second-order valence-corrected chi connectivity index (χ2v) is 4.24. The summed E-state index contributed by atoms with van der Waals surface area (Å²) in [6.45, 7) is 2.79. The molecule has 0 unspecified atom stereocenters. The van der Waals surface area contributed by atoms with Crippen LogP contribution < -0.4 is 0 Å². The van der Waals surface area contributed by atoms with Crippen LogP contribution in [0.4, 0.5) is 0 Å². The average Bonchev–Trinajstić information content (AvgIpc) is 2.23. The molecule has 4 atom stereocenters. The Balaban J connectivity index is 4.36. The molecule has 6 nitrogen and oxygen atoms in total. The van der Waals surface area contributed by atoms with Crippen LogP contribution in [-0.4, -0.2) is 62.3 Å². The van der Waals surface area contributed by atoms with Crippen LogP contribution in [0.3, 0.4) is 0 Å². The van der Waals surface area contributed by atoms with Crippen LogP contribution >= 0.6 is 0 Å². The molecule has 0 fully saturated rings. The second kappa shape index (κ2) is 6.93. The number of aliphatic hydroxyl groups is 5. The summed E-state index contributed by atoms with van der Waals surface area (Å²) in [6.07, 6.45) is -6.82. The highest BCUT2D eigenvalue weighted by Crippen LogP contribution is 2.10. The number of carbonyl (C=O) groups is 1. The lowest BCUT2D eigenvalue weighted by Crippen LogP contribution is -2.48. The molecule has 0 aromatic heterocycles. The van der Waals surface area contributed by atoms with Crippen molar-refractivity contribution in [2.24, 2.45) is 5.92 Å². The van der Waals surface area contributed by atoms with E-state index in [2.05, 4.69) is 0 Å². The van der Waals surface area contributed by atoms with Crippen molar-refractivity contribution in [1.29, 1.82) is 0 Å². The maximum atomic E-state index is 11.3. The number of rotatable bonds is 7. The third-order valence-electron chi connectivity index (χ3n) is 2.19. The Morgan fingerprint density at radius 2 is 1.56 bits per heavy atom. The molecule has 0 aliphatic heterocycles. The van der Waals surface area contributed by atoms with E-state index in [1.54, 1.807) is 13.8 Å². The summed E-state index contributed by atoms with van der Waals surface area (Å²) >= 11 is 0. The highest BCUT2D eigenvalue weighted by Gasteiger charge is 2.33. The van der Waals surface area contributed by atoms with Gasteiger partial charge in [0, 0.05) is 6.42 Å². The SMILES string of the molecule is CC(C)CC(=O)[C@@H](O)[C@@H](O)[C@H](O)[C@H](O)CO. The topological polar surface area (TPSA) is 118 Å². The van der Waals surface area contributed by atoms with Crippen molar-refractivity contribution in [1.82, 2.24) is 0 Å². The van der Waals surface area contributed by atoms with Crippen LogP contribution in [0.15, 0.2) is 0 Å². The van der Waals surface area contributed by atoms with Crippen molar-refractivity contribution < 1.29 is 30.3 Å². The molecule has 0 rings (SSSR count). The van der Waals surface area contributed by atoms with Crippen molar-refractivity contribution in [2.45, 2.75) is 44.7 Å². The Labute approximate surface area is 94.2 Å². The number of Topliss-reactive ketones (excluding diaryl/α,β-unsaturated/α-hetero) is 1. The van der Waals surface area contributed by atoms with Crippen LogP contribution in [0.5, 0.6) is 0 Å². The molecule has 0 radical (unpaired) electrons. The monoisotopic (exact) mass is 236 g/mol. The lowest BCUT2D eigenvalue weighted by Gasteiger charge is -2.25. The van der Waals surface area contributed by atoms with Gasteiger partial charge in [0.2, 0.25) is 0 Å². The van der Waals surface area contributed by atoms with E-state index in [0.29, 0.717) is 0 Å². The van der Waals surface area contributed by atoms with Crippen molar-refractivity contribution >= 4 is 5.78 Å². The predicted molar refractivity (Wildman–Crippen MR) is 55.6 cm³/mol. The average molecular weight is 236 g/mol. The minimum absolute atomic E-state index is 0.0225. The van der Waals surface area contributed by atoms with Crippen LogP contribution in [0.1, 0.15) is 20.3 Å². The van der Waals surface area contributed by atoms with Crippen molar-refractivity contribution in [3.8, 4) is 0 Å². The van der Waals surface area contributed by atoms with Gasteiger partial charge in [-0.15, -0.1) is 0 Å². The van der Waals surface area contributed by atoms with E-state index in [1.807, 2.05) is 0 Å². The first kappa shape index (κ1) is 15.5. The van der Waals surface area contributed by atoms with Gasteiger partial charge in [-0.25, -0.2) is 0 Å². The quantitative estimate of drug-likeness (QED) is 0.350. The molecule has 96 valence electrons. The zero-order valence-corrected chi connectivity index (χ0v) is 9.45. The molecule has 0 bridgehead atoms. The lowest BCUT2D eigenvalue weighted by atomic mass is 9.96. The fourth-order valence-corrected chi connectivity index (χ4v) is 1.24. The number of hydrogen-bond acceptors (Lipinski definition) is 6. The maximum Gasteiger partial charge on any atom is 0.164 e. The van der Waals surface area contributed by atoms with E-state index in [1.165, 1.54) is 0 Å². The summed E-state index contributed by atoms with van der Waals surface area (Å²) in [5, 5.41) is 45.6. The van der Waals surface area contributed by atoms with Gasteiger partial charge in [0.1, 0.15) is 24.4 Å². The van der Waals surface area contributed by atoms with Crippen LogP contribution in [0.25, 0.3) is 0 Å². The molecule has 6 heteroatoms. The zero-order chi connectivity index (χ0) is 12.9. The summed E-state index contributed by atoms with van der Waals surface area (Å²) in [5.41, 5.74) is 0. The largest absolute Gasteiger partial charge is 0.394 e. The standard InChI is InChI=1S/C10H20O6/c1-5(2)3-6(12)8(14)10(16)9(15)7(13)4-11/h5,7-11,13-16H,3-4H2,1-2H3/t7-,8-,9-,10-/m1/s1. The van der Waals surface area contributed by atoms with Crippen molar-refractivity contribution in [2.75, 3.05) is 6.61 Å². The molecular weight excluding hydrogens is 216 g/mol. The number of aliphatic hydroxyl groups excluding tert-OH is 5. The molecule has 5 N–H and O–H groups in total. The molecule has 0 heterocycles. The number of carbonyl (C=O) groups excluding carboxylic acids is 1. The third kappa shape index (κ3) is 4.54. The first-order chi connectivity index (χ1) is 7.31. The van der Waals surface area contributed by atoms with Gasteiger partial charge in [-0.3, -0.25) is 4.79 Å². The summed E-state index contributed by atoms with van der Waals surface area (Å²) in [7, 11) is 0. The van der Waals surface area contributed by atoms with Gasteiger partial charge in [-0.2, -0.15) is 0 Å².